The number of thiazole rings is 1. The zero-order chi connectivity index (χ0) is 17.1. The van der Waals surface area contributed by atoms with Crippen LogP contribution in [-0.4, -0.2) is 33.8 Å². The number of hydrogen-bond acceptors (Lipinski definition) is 6. The van der Waals surface area contributed by atoms with E-state index in [0.717, 1.165) is 42.4 Å². The van der Waals surface area contributed by atoms with Crippen molar-refractivity contribution in [3.05, 3.63) is 45.0 Å². The van der Waals surface area contributed by atoms with Crippen LogP contribution < -0.4 is 0 Å². The highest BCUT2D eigenvalue weighted by Gasteiger charge is 2.23. The van der Waals surface area contributed by atoms with Crippen LogP contribution in [0.25, 0.3) is 0 Å². The van der Waals surface area contributed by atoms with Gasteiger partial charge in [0.05, 0.1) is 9.82 Å². The second kappa shape index (κ2) is 7.31. The highest BCUT2D eigenvalue weighted by molar-refractivity contribution is 8.01. The first-order chi connectivity index (χ1) is 11.5. The fourth-order valence-corrected chi connectivity index (χ4v) is 4.51. The van der Waals surface area contributed by atoms with Crippen molar-refractivity contribution in [2.45, 2.75) is 35.4 Å². The number of piperidine rings is 1. The minimum absolute atomic E-state index is 0.0456. The van der Waals surface area contributed by atoms with Gasteiger partial charge < -0.3 is 4.90 Å². The number of likely N-dealkylation sites (tertiary alicyclic amines) is 1. The molecule has 1 aliphatic heterocycles. The van der Waals surface area contributed by atoms with E-state index in [0.29, 0.717) is 10.5 Å². The van der Waals surface area contributed by atoms with E-state index in [1.54, 1.807) is 17.0 Å². The Kier molecular flexibility index (Phi) is 5.15. The molecule has 1 aliphatic rings. The van der Waals surface area contributed by atoms with Gasteiger partial charge in [-0.2, -0.15) is 0 Å². The summed E-state index contributed by atoms with van der Waals surface area (Å²) in [6, 6.07) is 4.71. The van der Waals surface area contributed by atoms with Crippen LogP contribution in [0.1, 0.15) is 35.3 Å². The van der Waals surface area contributed by atoms with Gasteiger partial charge in [-0.15, -0.1) is 11.3 Å². The van der Waals surface area contributed by atoms with Crippen molar-refractivity contribution in [1.82, 2.24) is 9.88 Å². The Hall–Kier alpha value is -1.93. The van der Waals surface area contributed by atoms with Crippen molar-refractivity contribution in [3.8, 4) is 0 Å². The predicted octanol–water partition coefficient (Wildman–Crippen LogP) is 4.14. The first kappa shape index (κ1) is 16.9. The largest absolute Gasteiger partial charge is 0.339 e. The van der Waals surface area contributed by atoms with E-state index >= 15 is 0 Å². The molecule has 3 rings (SSSR count). The topological polar surface area (TPSA) is 76.3 Å². The third-order valence-corrected chi connectivity index (χ3v) is 5.96. The van der Waals surface area contributed by atoms with Crippen LogP contribution in [0, 0.1) is 17.0 Å². The summed E-state index contributed by atoms with van der Waals surface area (Å²) in [4.78, 5) is 30.1. The molecule has 6 nitrogen and oxygen atoms in total. The quantitative estimate of drug-likeness (QED) is 0.603. The van der Waals surface area contributed by atoms with E-state index in [-0.39, 0.29) is 11.6 Å². The van der Waals surface area contributed by atoms with E-state index < -0.39 is 4.92 Å². The van der Waals surface area contributed by atoms with Gasteiger partial charge in [-0.05, 0) is 38.3 Å². The van der Waals surface area contributed by atoms with Gasteiger partial charge in [0.25, 0.3) is 11.6 Å². The van der Waals surface area contributed by atoms with E-state index in [2.05, 4.69) is 4.98 Å². The number of carbonyl (C=O) groups is 1. The molecular weight excluding hydrogens is 346 g/mol. The standard InChI is InChI=1S/C16H17N3O3S2/c1-11-10-23-16(17-11)24-14-6-5-12(9-13(14)19(21)22)15(20)18-7-3-2-4-8-18/h5-6,9-10H,2-4,7-8H2,1H3. The first-order valence-electron chi connectivity index (χ1n) is 7.72. The number of benzene rings is 1. The molecule has 24 heavy (non-hydrogen) atoms. The lowest BCUT2D eigenvalue weighted by molar-refractivity contribution is -0.387. The summed E-state index contributed by atoms with van der Waals surface area (Å²) in [5, 5.41) is 13.3. The van der Waals surface area contributed by atoms with Crippen LogP contribution in [0.2, 0.25) is 0 Å². The maximum Gasteiger partial charge on any atom is 0.284 e. The Balaban J connectivity index is 1.86. The lowest BCUT2D eigenvalue weighted by atomic mass is 10.1. The molecule has 0 radical (unpaired) electrons. The third-order valence-electron chi connectivity index (χ3n) is 3.84. The van der Waals surface area contributed by atoms with Gasteiger partial charge in [-0.25, -0.2) is 4.98 Å². The average molecular weight is 363 g/mol. The normalized spacial score (nSPS) is 14.6. The van der Waals surface area contributed by atoms with E-state index in [1.165, 1.54) is 29.2 Å². The minimum atomic E-state index is -0.435. The molecule has 1 fully saturated rings. The molecule has 126 valence electrons. The molecule has 0 saturated carbocycles. The van der Waals surface area contributed by atoms with E-state index in [9.17, 15) is 14.9 Å². The number of carbonyl (C=O) groups excluding carboxylic acids is 1. The molecule has 1 amide bonds. The molecule has 2 aromatic rings. The molecule has 1 aromatic carbocycles. The molecule has 0 unspecified atom stereocenters. The van der Waals surface area contributed by atoms with Crippen LogP contribution in [0.15, 0.2) is 32.8 Å². The lowest BCUT2D eigenvalue weighted by Gasteiger charge is -2.26. The van der Waals surface area contributed by atoms with Crippen molar-refractivity contribution in [2.24, 2.45) is 0 Å². The van der Waals surface area contributed by atoms with E-state index in [1.807, 2.05) is 12.3 Å². The number of amides is 1. The molecule has 0 atom stereocenters. The number of rotatable bonds is 4. The maximum absolute atomic E-state index is 12.5. The summed E-state index contributed by atoms with van der Waals surface area (Å²) in [5.41, 5.74) is 1.22. The number of nitro benzene ring substituents is 1. The highest BCUT2D eigenvalue weighted by atomic mass is 32.2. The summed E-state index contributed by atoms with van der Waals surface area (Å²) < 4.78 is 0.755. The zero-order valence-corrected chi connectivity index (χ0v) is 14.9. The first-order valence-corrected chi connectivity index (χ1v) is 9.42. The number of aromatic nitrogens is 1. The maximum atomic E-state index is 12.5. The summed E-state index contributed by atoms with van der Waals surface area (Å²) in [7, 11) is 0. The highest BCUT2D eigenvalue weighted by Crippen LogP contribution is 2.37. The van der Waals surface area contributed by atoms with Crippen LogP contribution >= 0.6 is 23.1 Å². The van der Waals surface area contributed by atoms with Crippen LogP contribution in [-0.2, 0) is 0 Å². The SMILES string of the molecule is Cc1csc(Sc2ccc(C(=O)N3CCCCC3)cc2[N+](=O)[O-])n1. The predicted molar refractivity (Wildman–Crippen MR) is 93.8 cm³/mol. The van der Waals surface area contributed by atoms with Crippen molar-refractivity contribution in [2.75, 3.05) is 13.1 Å². The summed E-state index contributed by atoms with van der Waals surface area (Å²) in [6.07, 6.45) is 3.11. The second-order valence-corrected chi connectivity index (χ2v) is 7.80. The monoisotopic (exact) mass is 363 g/mol. The van der Waals surface area contributed by atoms with Gasteiger partial charge in [0.1, 0.15) is 0 Å². The van der Waals surface area contributed by atoms with Gasteiger partial charge in [0, 0.05) is 35.8 Å². The Morgan fingerprint density at radius 2 is 2.08 bits per heavy atom. The minimum Gasteiger partial charge on any atom is -0.339 e. The van der Waals surface area contributed by atoms with Crippen LogP contribution in [0.4, 0.5) is 5.69 Å². The van der Waals surface area contributed by atoms with E-state index in [4.69, 9.17) is 0 Å². The number of aryl methyl sites for hydroxylation is 1. The summed E-state index contributed by atoms with van der Waals surface area (Å²) in [5.74, 6) is -0.126. The van der Waals surface area contributed by atoms with Crippen LogP contribution in [0.5, 0.6) is 0 Å². The average Bonchev–Trinajstić information content (AvgIpc) is 3.00. The molecule has 1 saturated heterocycles. The van der Waals surface area contributed by atoms with Crippen molar-refractivity contribution >= 4 is 34.7 Å². The molecule has 0 bridgehead atoms. The van der Waals surface area contributed by atoms with Gasteiger partial charge in [0.15, 0.2) is 4.34 Å². The number of hydrogen-bond donors (Lipinski definition) is 0. The van der Waals surface area contributed by atoms with Crippen molar-refractivity contribution in [3.63, 3.8) is 0 Å². The van der Waals surface area contributed by atoms with Gasteiger partial charge in [0.2, 0.25) is 0 Å². The smallest absolute Gasteiger partial charge is 0.284 e. The fraction of sp³-hybridized carbons (Fsp3) is 0.375. The molecule has 0 aliphatic carbocycles. The Labute approximate surface area is 148 Å². The fourth-order valence-electron chi connectivity index (χ4n) is 2.63. The Morgan fingerprint density at radius 1 is 1.33 bits per heavy atom. The van der Waals surface area contributed by atoms with Gasteiger partial charge >= 0.3 is 0 Å². The van der Waals surface area contributed by atoms with Crippen LogP contribution in [0.3, 0.4) is 0 Å². The third kappa shape index (κ3) is 3.76. The molecule has 8 heteroatoms. The zero-order valence-electron chi connectivity index (χ0n) is 13.2. The molecule has 2 heterocycles. The Morgan fingerprint density at radius 3 is 2.71 bits per heavy atom. The molecule has 1 aromatic heterocycles. The van der Waals surface area contributed by atoms with Crippen molar-refractivity contribution < 1.29 is 9.72 Å². The van der Waals surface area contributed by atoms with Gasteiger partial charge in [-0.3, -0.25) is 14.9 Å². The molecule has 0 spiro atoms. The summed E-state index contributed by atoms with van der Waals surface area (Å²) >= 11 is 2.71. The number of nitrogens with zero attached hydrogens (tertiary/aromatic N) is 3. The second-order valence-electron chi connectivity index (χ2n) is 5.65. The van der Waals surface area contributed by atoms with Crippen molar-refractivity contribution in [1.29, 1.82) is 0 Å². The summed E-state index contributed by atoms with van der Waals surface area (Å²) in [6.45, 7) is 3.33. The number of nitro groups is 1. The van der Waals surface area contributed by atoms with Gasteiger partial charge in [-0.1, -0.05) is 11.8 Å². The Bertz CT molecular complexity index is 770. The molecule has 0 N–H and O–H groups in total. The lowest BCUT2D eigenvalue weighted by Crippen LogP contribution is -2.35. The molecular formula is C16H17N3O3S2.